The van der Waals surface area contributed by atoms with Gasteiger partial charge in [0.1, 0.15) is 6.29 Å². The van der Waals surface area contributed by atoms with Crippen LogP contribution < -0.4 is 5.43 Å². The van der Waals surface area contributed by atoms with Gasteiger partial charge in [0, 0.05) is 25.3 Å². The zero-order valence-electron chi connectivity index (χ0n) is 11.3. The van der Waals surface area contributed by atoms with Gasteiger partial charge in [-0.3, -0.25) is 9.59 Å². The summed E-state index contributed by atoms with van der Waals surface area (Å²) in [6.07, 6.45) is 4.87. The zero-order valence-corrected chi connectivity index (χ0v) is 11.3. The molecule has 5 nitrogen and oxygen atoms in total. The van der Waals surface area contributed by atoms with E-state index in [2.05, 4.69) is 15.3 Å². The van der Waals surface area contributed by atoms with Crippen molar-refractivity contribution in [1.29, 1.82) is 0 Å². The Labute approximate surface area is 113 Å². The number of amides is 1. The molecular formula is C14H18N2O3. The van der Waals surface area contributed by atoms with E-state index in [9.17, 15) is 9.59 Å². The van der Waals surface area contributed by atoms with Crippen molar-refractivity contribution >= 4 is 18.4 Å². The summed E-state index contributed by atoms with van der Waals surface area (Å²) in [4.78, 5) is 20.6. The molecule has 0 heterocycles. The van der Waals surface area contributed by atoms with Gasteiger partial charge in [0.2, 0.25) is 6.41 Å². The minimum atomic E-state index is 0.503. The number of methoxy groups -OCH3 is 1. The van der Waals surface area contributed by atoms with E-state index in [-0.39, 0.29) is 0 Å². The van der Waals surface area contributed by atoms with Gasteiger partial charge < -0.3 is 4.74 Å². The number of aldehydes is 1. The van der Waals surface area contributed by atoms with E-state index in [0.29, 0.717) is 17.7 Å². The van der Waals surface area contributed by atoms with Crippen LogP contribution in [0.15, 0.2) is 41.5 Å². The van der Waals surface area contributed by atoms with Gasteiger partial charge in [0.05, 0.1) is 5.71 Å². The summed E-state index contributed by atoms with van der Waals surface area (Å²) in [5.74, 6) is 0. The number of benzene rings is 1. The lowest BCUT2D eigenvalue weighted by molar-refractivity contribution is -0.109. The van der Waals surface area contributed by atoms with Crippen LogP contribution in [-0.4, -0.2) is 32.6 Å². The van der Waals surface area contributed by atoms with Crippen LogP contribution in [0.25, 0.3) is 0 Å². The van der Waals surface area contributed by atoms with Gasteiger partial charge in [-0.05, 0) is 13.0 Å². The number of hydrogen-bond donors (Lipinski definition) is 1. The Balaban J connectivity index is 0.000000982. The zero-order chi connectivity index (χ0) is 14.5. The molecule has 19 heavy (non-hydrogen) atoms. The van der Waals surface area contributed by atoms with E-state index < -0.39 is 0 Å². The van der Waals surface area contributed by atoms with Gasteiger partial charge in [0.15, 0.2) is 0 Å². The van der Waals surface area contributed by atoms with Gasteiger partial charge in [-0.25, -0.2) is 5.43 Å². The van der Waals surface area contributed by atoms with E-state index in [1.807, 2.05) is 13.0 Å². The van der Waals surface area contributed by atoms with Gasteiger partial charge >= 0.3 is 0 Å². The highest BCUT2D eigenvalue weighted by molar-refractivity contribution is 6.08. The van der Waals surface area contributed by atoms with Crippen LogP contribution in [0.4, 0.5) is 0 Å². The quantitative estimate of drug-likeness (QED) is 0.499. The highest BCUT2D eigenvalue weighted by Crippen LogP contribution is 2.05. The van der Waals surface area contributed by atoms with Crippen molar-refractivity contribution in [1.82, 2.24) is 5.43 Å². The first-order chi connectivity index (χ1) is 9.23. The molecule has 0 fully saturated rings. The molecule has 1 amide bonds. The number of allylic oxidation sites excluding steroid dienone is 2. The van der Waals surface area contributed by atoms with Crippen LogP contribution in [0.3, 0.4) is 0 Å². The summed E-state index contributed by atoms with van der Waals surface area (Å²) in [6.45, 7) is 1.86. The third-order valence-corrected chi connectivity index (χ3v) is 1.90. The van der Waals surface area contributed by atoms with E-state index in [1.165, 1.54) is 0 Å². The number of carbonyl (C=O) groups is 2. The molecule has 0 aliphatic carbocycles. The lowest BCUT2D eigenvalue weighted by Gasteiger charge is -2.01. The van der Waals surface area contributed by atoms with Crippen LogP contribution >= 0.6 is 0 Å². The maximum absolute atomic E-state index is 10.5. The third kappa shape index (κ3) is 6.90. The number of hydrogen-bond acceptors (Lipinski definition) is 4. The van der Waals surface area contributed by atoms with Crippen molar-refractivity contribution < 1.29 is 14.3 Å². The van der Waals surface area contributed by atoms with Crippen molar-refractivity contribution in [3.8, 4) is 0 Å². The number of ether oxygens (including phenoxy) is 1. The van der Waals surface area contributed by atoms with Crippen molar-refractivity contribution in [2.24, 2.45) is 5.10 Å². The summed E-state index contributed by atoms with van der Waals surface area (Å²) in [7, 11) is 3.25. The standard InChI is InChI=1S/C12H12N2O2.C2H6O/c1-2-3-12(14-13-9-16)11-6-4-10(8-15)5-7-11;1-3-2/h2-9H,1H3,(H,13,16);1-2H3/b3-2-,14-12+;. The minimum Gasteiger partial charge on any atom is -0.388 e. The molecule has 0 bridgehead atoms. The highest BCUT2D eigenvalue weighted by Gasteiger charge is 1.99. The van der Waals surface area contributed by atoms with Crippen molar-refractivity contribution in [2.75, 3.05) is 14.2 Å². The average Bonchev–Trinajstić information content (AvgIpc) is 2.44. The Kier molecular flexibility index (Phi) is 9.56. The van der Waals surface area contributed by atoms with Crippen LogP contribution in [0.1, 0.15) is 22.8 Å². The molecule has 1 aromatic rings. The Morgan fingerprint density at radius 3 is 2.21 bits per heavy atom. The number of nitrogens with zero attached hydrogens (tertiary/aromatic N) is 1. The molecule has 0 aliphatic rings. The fourth-order valence-electron chi connectivity index (χ4n) is 1.18. The molecule has 0 spiro atoms. The van der Waals surface area contributed by atoms with Gasteiger partial charge in [-0.1, -0.05) is 30.3 Å². The monoisotopic (exact) mass is 262 g/mol. The minimum absolute atomic E-state index is 0.503. The predicted molar refractivity (Wildman–Crippen MR) is 75.3 cm³/mol. The molecule has 5 heteroatoms. The smallest absolute Gasteiger partial charge is 0.227 e. The Bertz CT molecular complexity index is 437. The molecule has 0 saturated heterocycles. The molecule has 0 atom stereocenters. The fraction of sp³-hybridized carbons (Fsp3) is 0.214. The van der Waals surface area contributed by atoms with E-state index in [0.717, 1.165) is 11.8 Å². The molecule has 0 saturated carbocycles. The number of rotatable bonds is 5. The van der Waals surface area contributed by atoms with Crippen molar-refractivity contribution in [3.05, 3.63) is 47.5 Å². The van der Waals surface area contributed by atoms with Gasteiger partial charge in [0.25, 0.3) is 0 Å². The second kappa shape index (κ2) is 10.9. The summed E-state index contributed by atoms with van der Waals surface area (Å²) >= 11 is 0. The van der Waals surface area contributed by atoms with Crippen LogP contribution in [0.5, 0.6) is 0 Å². The van der Waals surface area contributed by atoms with E-state index >= 15 is 0 Å². The first kappa shape index (κ1) is 16.7. The summed E-state index contributed by atoms with van der Waals surface area (Å²) in [5.41, 5.74) is 4.31. The molecule has 0 radical (unpaired) electrons. The Hall–Kier alpha value is -2.27. The molecule has 0 aromatic heterocycles. The summed E-state index contributed by atoms with van der Waals surface area (Å²) < 4.78 is 4.25. The Morgan fingerprint density at radius 1 is 1.21 bits per heavy atom. The van der Waals surface area contributed by atoms with Crippen LogP contribution in [-0.2, 0) is 9.53 Å². The van der Waals surface area contributed by atoms with Crippen LogP contribution in [0, 0.1) is 0 Å². The van der Waals surface area contributed by atoms with E-state index in [4.69, 9.17) is 0 Å². The maximum atomic E-state index is 10.5. The SMILES string of the molecule is C/C=C\C(=N/NC=O)c1ccc(C=O)cc1.COC. The topological polar surface area (TPSA) is 67.8 Å². The predicted octanol–water partition coefficient (Wildman–Crippen LogP) is 1.79. The molecule has 1 rings (SSSR count). The molecule has 0 aliphatic heterocycles. The summed E-state index contributed by atoms with van der Waals surface area (Å²) in [5, 5.41) is 3.88. The van der Waals surface area contributed by atoms with Gasteiger partial charge in [-0.2, -0.15) is 5.10 Å². The second-order valence-electron chi connectivity index (χ2n) is 3.39. The summed E-state index contributed by atoms with van der Waals surface area (Å²) in [6, 6.07) is 6.94. The number of hydrazone groups is 1. The highest BCUT2D eigenvalue weighted by atomic mass is 16.4. The number of carbonyl (C=O) groups excluding carboxylic acids is 2. The molecule has 1 N–H and O–H groups in total. The lowest BCUT2D eigenvalue weighted by Crippen LogP contribution is -2.07. The van der Waals surface area contributed by atoms with E-state index in [1.54, 1.807) is 44.6 Å². The average molecular weight is 262 g/mol. The third-order valence-electron chi connectivity index (χ3n) is 1.90. The molecule has 0 unspecified atom stereocenters. The van der Waals surface area contributed by atoms with Crippen LogP contribution in [0.2, 0.25) is 0 Å². The Morgan fingerprint density at radius 2 is 1.79 bits per heavy atom. The normalized spacial score (nSPS) is 10.6. The first-order valence-corrected chi connectivity index (χ1v) is 5.58. The van der Waals surface area contributed by atoms with Crippen molar-refractivity contribution in [2.45, 2.75) is 6.92 Å². The lowest BCUT2D eigenvalue weighted by atomic mass is 10.1. The first-order valence-electron chi connectivity index (χ1n) is 5.58. The molecule has 1 aromatic carbocycles. The molecule has 102 valence electrons. The fourth-order valence-corrected chi connectivity index (χ4v) is 1.18. The number of nitrogens with one attached hydrogen (secondary N) is 1. The largest absolute Gasteiger partial charge is 0.388 e. The second-order valence-corrected chi connectivity index (χ2v) is 3.39. The van der Waals surface area contributed by atoms with Gasteiger partial charge in [-0.15, -0.1) is 0 Å². The molecular weight excluding hydrogens is 244 g/mol. The maximum Gasteiger partial charge on any atom is 0.227 e. The van der Waals surface area contributed by atoms with Crippen molar-refractivity contribution in [3.63, 3.8) is 0 Å².